The molecule has 0 radical (unpaired) electrons. The second-order valence-electron chi connectivity index (χ2n) is 13.4. The van der Waals surface area contributed by atoms with Crippen molar-refractivity contribution >= 4 is 43.4 Å². The molecule has 0 aliphatic carbocycles. The van der Waals surface area contributed by atoms with Crippen molar-refractivity contribution in [3.05, 3.63) is 194 Å². The molecule has 0 aliphatic rings. The summed E-state index contributed by atoms with van der Waals surface area (Å²) in [5, 5.41) is 7.01. The van der Waals surface area contributed by atoms with Crippen molar-refractivity contribution in [3.63, 3.8) is 0 Å². The minimum atomic E-state index is 0.970. The second-order valence-corrected chi connectivity index (χ2v) is 13.4. The van der Waals surface area contributed by atoms with Gasteiger partial charge in [0.05, 0.1) is 22.4 Å². The fraction of sp³-hybridized carbons (Fsp3) is 0. The van der Waals surface area contributed by atoms with Crippen LogP contribution < -0.4 is 0 Å². The Kier molecular flexibility index (Phi) is 7.18. The van der Waals surface area contributed by atoms with E-state index in [2.05, 4.69) is 194 Å². The van der Waals surface area contributed by atoms with Crippen molar-refractivity contribution in [1.82, 2.24) is 9.97 Å². The van der Waals surface area contributed by atoms with Crippen LogP contribution in [0.2, 0.25) is 0 Å². The molecule has 0 unspecified atom stereocenters. The smallest absolute Gasteiger partial charge is 0.0788 e. The average Bonchev–Trinajstić information content (AvgIpc) is 3.23. The van der Waals surface area contributed by atoms with E-state index < -0.39 is 0 Å². The Bertz CT molecular complexity index is 2710. The molecular formula is C50H32N2. The van der Waals surface area contributed by atoms with Crippen LogP contribution in [0.25, 0.3) is 99.2 Å². The SMILES string of the molecule is c1ccc(-c2ccc3ccc4ccc(-c5ccc(-c6ccc(-c7ccc8ccc9ccc(-c%10ccccc%10)cc9c8n7)cc6)cc5)nc4c3c2)cc1. The van der Waals surface area contributed by atoms with Crippen LogP contribution in [0, 0.1) is 0 Å². The lowest BCUT2D eigenvalue weighted by Gasteiger charge is -2.10. The van der Waals surface area contributed by atoms with Gasteiger partial charge in [0, 0.05) is 32.7 Å². The predicted octanol–water partition coefficient (Wildman–Crippen LogP) is 13.4. The number of benzene rings is 8. The van der Waals surface area contributed by atoms with E-state index in [4.69, 9.17) is 9.97 Å². The Morgan fingerprint density at radius 2 is 0.538 bits per heavy atom. The Morgan fingerprint density at radius 1 is 0.231 bits per heavy atom. The molecule has 0 saturated carbocycles. The van der Waals surface area contributed by atoms with E-state index in [-0.39, 0.29) is 0 Å². The largest absolute Gasteiger partial charge is 0.247 e. The summed E-state index contributed by atoms with van der Waals surface area (Å²) in [6.07, 6.45) is 0. The third-order valence-electron chi connectivity index (χ3n) is 10.3. The van der Waals surface area contributed by atoms with E-state index in [1.807, 2.05) is 0 Å². The van der Waals surface area contributed by atoms with E-state index in [1.165, 1.54) is 54.9 Å². The van der Waals surface area contributed by atoms with E-state index in [1.54, 1.807) is 0 Å². The van der Waals surface area contributed by atoms with Crippen LogP contribution >= 0.6 is 0 Å². The van der Waals surface area contributed by atoms with Gasteiger partial charge in [0.1, 0.15) is 0 Å². The maximum absolute atomic E-state index is 5.21. The number of fused-ring (bicyclic) bond motifs is 6. The summed E-state index contributed by atoms with van der Waals surface area (Å²) in [5.74, 6) is 0. The first kappa shape index (κ1) is 30.0. The van der Waals surface area contributed by atoms with Crippen LogP contribution in [0.1, 0.15) is 0 Å². The van der Waals surface area contributed by atoms with Crippen LogP contribution in [-0.2, 0) is 0 Å². The third kappa shape index (κ3) is 5.39. The zero-order valence-corrected chi connectivity index (χ0v) is 28.4. The quantitative estimate of drug-likeness (QED) is 0.172. The Morgan fingerprint density at radius 3 is 0.962 bits per heavy atom. The first-order chi connectivity index (χ1) is 25.7. The van der Waals surface area contributed by atoms with Gasteiger partial charge in [0.25, 0.3) is 0 Å². The van der Waals surface area contributed by atoms with E-state index in [0.717, 1.165) is 44.3 Å². The lowest BCUT2D eigenvalue weighted by molar-refractivity contribution is 1.40. The lowest BCUT2D eigenvalue weighted by Crippen LogP contribution is -1.89. The molecule has 2 nitrogen and oxygen atoms in total. The molecule has 8 aromatic carbocycles. The van der Waals surface area contributed by atoms with Crippen molar-refractivity contribution < 1.29 is 0 Å². The number of nitrogens with zero attached hydrogens (tertiary/aromatic N) is 2. The molecule has 0 fully saturated rings. The molecule has 0 spiro atoms. The number of hydrogen-bond acceptors (Lipinski definition) is 2. The highest BCUT2D eigenvalue weighted by Crippen LogP contribution is 2.34. The van der Waals surface area contributed by atoms with Crippen molar-refractivity contribution in [3.8, 4) is 55.9 Å². The highest BCUT2D eigenvalue weighted by molar-refractivity contribution is 6.08. The van der Waals surface area contributed by atoms with E-state index in [9.17, 15) is 0 Å². The molecule has 10 rings (SSSR count). The summed E-state index contributed by atoms with van der Waals surface area (Å²) < 4.78 is 0. The molecule has 0 aliphatic heterocycles. The normalized spacial score (nSPS) is 11.5. The van der Waals surface area contributed by atoms with Crippen LogP contribution in [0.15, 0.2) is 194 Å². The number of aromatic nitrogens is 2. The molecule has 0 saturated heterocycles. The maximum Gasteiger partial charge on any atom is 0.0788 e. The molecule has 52 heavy (non-hydrogen) atoms. The topological polar surface area (TPSA) is 25.8 Å². The van der Waals surface area contributed by atoms with Gasteiger partial charge in [0.2, 0.25) is 0 Å². The molecule has 0 N–H and O–H groups in total. The van der Waals surface area contributed by atoms with Crippen LogP contribution in [0.5, 0.6) is 0 Å². The van der Waals surface area contributed by atoms with Crippen LogP contribution in [-0.4, -0.2) is 9.97 Å². The Balaban J connectivity index is 0.948. The Hall–Kier alpha value is -6.90. The summed E-state index contributed by atoms with van der Waals surface area (Å²) in [4.78, 5) is 10.4. The summed E-state index contributed by atoms with van der Waals surface area (Å²) >= 11 is 0. The average molecular weight is 661 g/mol. The van der Waals surface area contributed by atoms with Crippen molar-refractivity contribution in [2.45, 2.75) is 0 Å². The van der Waals surface area contributed by atoms with Crippen LogP contribution in [0.4, 0.5) is 0 Å². The first-order valence-electron chi connectivity index (χ1n) is 17.7. The van der Waals surface area contributed by atoms with Gasteiger partial charge in [-0.15, -0.1) is 0 Å². The molecule has 2 heterocycles. The second kappa shape index (κ2) is 12.5. The van der Waals surface area contributed by atoms with Gasteiger partial charge in [-0.25, -0.2) is 9.97 Å². The summed E-state index contributed by atoms with van der Waals surface area (Å²) in [6.45, 7) is 0. The summed E-state index contributed by atoms with van der Waals surface area (Å²) in [5.41, 5.74) is 13.3. The van der Waals surface area contributed by atoms with Gasteiger partial charge in [-0.2, -0.15) is 0 Å². The molecule has 0 atom stereocenters. The van der Waals surface area contributed by atoms with Crippen LogP contribution in [0.3, 0.4) is 0 Å². The highest BCUT2D eigenvalue weighted by Gasteiger charge is 2.10. The van der Waals surface area contributed by atoms with Crippen molar-refractivity contribution in [1.29, 1.82) is 0 Å². The number of rotatable bonds is 5. The first-order valence-corrected chi connectivity index (χ1v) is 17.7. The van der Waals surface area contributed by atoms with Gasteiger partial charge in [-0.1, -0.05) is 170 Å². The van der Waals surface area contributed by atoms with Gasteiger partial charge in [0.15, 0.2) is 0 Å². The molecule has 2 heteroatoms. The maximum atomic E-state index is 5.21. The molecule has 242 valence electrons. The minimum Gasteiger partial charge on any atom is -0.247 e. The molecule has 10 aromatic rings. The minimum absolute atomic E-state index is 0.970. The van der Waals surface area contributed by atoms with E-state index in [0.29, 0.717) is 0 Å². The monoisotopic (exact) mass is 660 g/mol. The zero-order chi connectivity index (χ0) is 34.4. The molecule has 2 aromatic heterocycles. The van der Waals surface area contributed by atoms with Gasteiger partial charge >= 0.3 is 0 Å². The zero-order valence-electron chi connectivity index (χ0n) is 28.4. The van der Waals surface area contributed by atoms with E-state index >= 15 is 0 Å². The summed E-state index contributed by atoms with van der Waals surface area (Å²) in [7, 11) is 0. The fourth-order valence-electron chi connectivity index (χ4n) is 7.42. The standard InChI is InChI=1S/C50H32N2/c1-3-7-33(8-4-1)43-25-17-37-15-23-41-27-29-47(51-49(41)45(37)31-43)39-19-11-35(12-20-39)36-13-21-40(22-14-36)48-30-28-42-24-16-38-18-26-44(32-46(38)50(42)52-48)34-9-5-2-6-10-34/h1-32H. The molecule has 0 amide bonds. The summed E-state index contributed by atoms with van der Waals surface area (Å²) in [6, 6.07) is 69.2. The molecular weight excluding hydrogens is 629 g/mol. The Labute approximate surface area is 302 Å². The van der Waals surface area contributed by atoms with Crippen molar-refractivity contribution in [2.24, 2.45) is 0 Å². The van der Waals surface area contributed by atoms with Gasteiger partial charge < -0.3 is 0 Å². The highest BCUT2D eigenvalue weighted by atomic mass is 14.7. The van der Waals surface area contributed by atoms with Crippen molar-refractivity contribution in [2.75, 3.05) is 0 Å². The predicted molar refractivity (Wildman–Crippen MR) is 219 cm³/mol. The third-order valence-corrected chi connectivity index (χ3v) is 10.3. The fourth-order valence-corrected chi connectivity index (χ4v) is 7.42. The molecule has 0 bridgehead atoms. The van der Waals surface area contributed by atoms with Gasteiger partial charge in [-0.3, -0.25) is 0 Å². The number of hydrogen-bond donors (Lipinski definition) is 0. The van der Waals surface area contributed by atoms with Gasteiger partial charge in [-0.05, 0) is 68.4 Å². The number of pyridine rings is 2. The lowest BCUT2D eigenvalue weighted by atomic mass is 9.98.